The van der Waals surface area contributed by atoms with Gasteiger partial charge >= 0.3 is 0 Å². The molecule has 1 rings (SSSR count). The maximum absolute atomic E-state index is 5.28. The standard InChI is InChI=1S/C15H25NO3/c1-12(11-16-5-6-17-2)7-13-8-14(18-3)10-15(9-13)19-4/h8-10,12,16H,5-7,11H2,1-4H3. The predicted molar refractivity (Wildman–Crippen MR) is 77.2 cm³/mol. The average Bonchev–Trinajstić information content (AvgIpc) is 2.43. The van der Waals surface area contributed by atoms with E-state index in [4.69, 9.17) is 14.2 Å². The number of methoxy groups -OCH3 is 3. The first kappa shape index (κ1) is 15.8. The lowest BCUT2D eigenvalue weighted by Crippen LogP contribution is -2.25. The van der Waals surface area contributed by atoms with Crippen LogP contribution < -0.4 is 14.8 Å². The fourth-order valence-corrected chi connectivity index (χ4v) is 1.98. The molecule has 1 unspecified atom stereocenters. The topological polar surface area (TPSA) is 39.7 Å². The number of ether oxygens (including phenoxy) is 3. The highest BCUT2D eigenvalue weighted by molar-refractivity contribution is 5.38. The highest BCUT2D eigenvalue weighted by atomic mass is 16.5. The van der Waals surface area contributed by atoms with Gasteiger partial charge in [-0.25, -0.2) is 0 Å². The number of hydrogen-bond acceptors (Lipinski definition) is 4. The summed E-state index contributed by atoms with van der Waals surface area (Å²) in [6, 6.07) is 6.02. The fourth-order valence-electron chi connectivity index (χ4n) is 1.98. The Morgan fingerprint density at radius 2 is 1.68 bits per heavy atom. The highest BCUT2D eigenvalue weighted by Crippen LogP contribution is 2.24. The molecule has 1 aromatic rings. The van der Waals surface area contributed by atoms with Crippen molar-refractivity contribution in [2.24, 2.45) is 5.92 Å². The Bertz CT molecular complexity index is 346. The first-order valence-electron chi connectivity index (χ1n) is 6.61. The monoisotopic (exact) mass is 267 g/mol. The van der Waals surface area contributed by atoms with Gasteiger partial charge in [-0.3, -0.25) is 0 Å². The Morgan fingerprint density at radius 1 is 1.05 bits per heavy atom. The number of nitrogens with one attached hydrogen (secondary N) is 1. The summed E-state index contributed by atoms with van der Waals surface area (Å²) in [5.74, 6) is 2.23. The van der Waals surface area contributed by atoms with Crippen LogP contribution in [-0.4, -0.2) is 41.0 Å². The van der Waals surface area contributed by atoms with Gasteiger partial charge in [0.15, 0.2) is 0 Å². The van der Waals surface area contributed by atoms with Crippen LogP contribution in [0, 0.1) is 5.92 Å². The van der Waals surface area contributed by atoms with Crippen molar-refractivity contribution in [3.63, 3.8) is 0 Å². The SMILES string of the molecule is COCCNCC(C)Cc1cc(OC)cc(OC)c1. The summed E-state index contributed by atoms with van der Waals surface area (Å²) < 4.78 is 15.6. The maximum atomic E-state index is 5.28. The zero-order chi connectivity index (χ0) is 14.1. The van der Waals surface area contributed by atoms with Crippen LogP contribution in [0.4, 0.5) is 0 Å². The van der Waals surface area contributed by atoms with E-state index in [1.54, 1.807) is 21.3 Å². The molecular weight excluding hydrogens is 242 g/mol. The Hall–Kier alpha value is -1.26. The van der Waals surface area contributed by atoms with Gasteiger partial charge in [-0.15, -0.1) is 0 Å². The van der Waals surface area contributed by atoms with E-state index in [9.17, 15) is 0 Å². The number of rotatable bonds is 9. The van der Waals surface area contributed by atoms with Gasteiger partial charge in [0.1, 0.15) is 11.5 Å². The van der Waals surface area contributed by atoms with Gasteiger partial charge < -0.3 is 19.5 Å². The van der Waals surface area contributed by atoms with E-state index in [0.29, 0.717) is 5.92 Å². The molecule has 4 nitrogen and oxygen atoms in total. The zero-order valence-electron chi connectivity index (χ0n) is 12.4. The molecule has 0 heterocycles. The summed E-state index contributed by atoms with van der Waals surface area (Å²) in [5.41, 5.74) is 1.23. The second-order valence-corrected chi connectivity index (χ2v) is 4.73. The molecule has 1 N–H and O–H groups in total. The van der Waals surface area contributed by atoms with Gasteiger partial charge in [0.05, 0.1) is 20.8 Å². The predicted octanol–water partition coefficient (Wildman–Crippen LogP) is 2.12. The molecular formula is C15H25NO3. The normalized spacial score (nSPS) is 12.2. The molecule has 0 radical (unpaired) electrons. The van der Waals surface area contributed by atoms with E-state index >= 15 is 0 Å². The van der Waals surface area contributed by atoms with Gasteiger partial charge in [0.25, 0.3) is 0 Å². The molecule has 0 spiro atoms. The van der Waals surface area contributed by atoms with Gasteiger partial charge in [-0.1, -0.05) is 6.92 Å². The van der Waals surface area contributed by atoms with E-state index in [1.165, 1.54) is 5.56 Å². The van der Waals surface area contributed by atoms with Crippen molar-refractivity contribution < 1.29 is 14.2 Å². The van der Waals surface area contributed by atoms with E-state index < -0.39 is 0 Å². The van der Waals surface area contributed by atoms with Crippen LogP contribution >= 0.6 is 0 Å². The molecule has 1 aromatic carbocycles. The summed E-state index contributed by atoms with van der Waals surface area (Å²) in [7, 11) is 5.07. The van der Waals surface area contributed by atoms with Crippen LogP contribution in [0.25, 0.3) is 0 Å². The molecule has 0 aliphatic rings. The number of hydrogen-bond donors (Lipinski definition) is 1. The van der Waals surface area contributed by atoms with Crippen molar-refractivity contribution in [3.8, 4) is 11.5 Å². The quantitative estimate of drug-likeness (QED) is 0.696. The van der Waals surface area contributed by atoms with Crippen LogP contribution in [0.2, 0.25) is 0 Å². The van der Waals surface area contributed by atoms with Crippen molar-refractivity contribution >= 4 is 0 Å². The van der Waals surface area contributed by atoms with Crippen LogP contribution in [0.3, 0.4) is 0 Å². The average molecular weight is 267 g/mol. The molecule has 0 aliphatic heterocycles. The Balaban J connectivity index is 2.50. The van der Waals surface area contributed by atoms with Gasteiger partial charge in [0.2, 0.25) is 0 Å². The van der Waals surface area contributed by atoms with Crippen molar-refractivity contribution in [1.29, 1.82) is 0 Å². The third-order valence-corrected chi connectivity index (χ3v) is 2.97. The first-order chi connectivity index (χ1) is 9.19. The number of benzene rings is 1. The fraction of sp³-hybridized carbons (Fsp3) is 0.600. The largest absolute Gasteiger partial charge is 0.497 e. The third kappa shape index (κ3) is 5.94. The maximum Gasteiger partial charge on any atom is 0.122 e. The van der Waals surface area contributed by atoms with E-state index in [-0.39, 0.29) is 0 Å². The summed E-state index contributed by atoms with van der Waals surface area (Å²) in [4.78, 5) is 0. The van der Waals surface area contributed by atoms with Crippen LogP contribution in [0.5, 0.6) is 11.5 Å². The second kappa shape index (κ2) is 8.77. The molecule has 0 amide bonds. The molecule has 108 valence electrons. The van der Waals surface area contributed by atoms with Crippen molar-refractivity contribution in [2.75, 3.05) is 41.0 Å². The summed E-state index contributed by atoms with van der Waals surface area (Å²) in [6.45, 7) is 4.84. The van der Waals surface area contributed by atoms with Gasteiger partial charge in [-0.05, 0) is 36.6 Å². The van der Waals surface area contributed by atoms with E-state index in [0.717, 1.165) is 37.6 Å². The Morgan fingerprint density at radius 3 is 2.21 bits per heavy atom. The molecule has 0 aliphatic carbocycles. The molecule has 0 bridgehead atoms. The minimum atomic E-state index is 0.550. The summed E-state index contributed by atoms with van der Waals surface area (Å²) in [6.07, 6.45) is 0.994. The Labute approximate surface area is 116 Å². The molecule has 0 aromatic heterocycles. The smallest absolute Gasteiger partial charge is 0.122 e. The highest BCUT2D eigenvalue weighted by Gasteiger charge is 2.07. The lowest BCUT2D eigenvalue weighted by Gasteiger charge is -2.14. The van der Waals surface area contributed by atoms with E-state index in [1.807, 2.05) is 6.07 Å². The lowest BCUT2D eigenvalue weighted by molar-refractivity contribution is 0.198. The molecule has 4 heteroatoms. The summed E-state index contributed by atoms with van der Waals surface area (Å²) >= 11 is 0. The molecule has 0 fully saturated rings. The minimum absolute atomic E-state index is 0.550. The third-order valence-electron chi connectivity index (χ3n) is 2.97. The molecule has 0 saturated heterocycles. The second-order valence-electron chi connectivity index (χ2n) is 4.73. The lowest BCUT2D eigenvalue weighted by atomic mass is 10.0. The first-order valence-corrected chi connectivity index (χ1v) is 6.61. The zero-order valence-corrected chi connectivity index (χ0v) is 12.4. The van der Waals surface area contributed by atoms with Crippen molar-refractivity contribution in [3.05, 3.63) is 23.8 Å². The van der Waals surface area contributed by atoms with Gasteiger partial charge in [-0.2, -0.15) is 0 Å². The van der Waals surface area contributed by atoms with Crippen molar-refractivity contribution in [1.82, 2.24) is 5.32 Å². The van der Waals surface area contributed by atoms with Gasteiger partial charge in [0, 0.05) is 19.7 Å². The molecule has 0 saturated carbocycles. The van der Waals surface area contributed by atoms with Crippen LogP contribution in [0.15, 0.2) is 18.2 Å². The van der Waals surface area contributed by atoms with Crippen LogP contribution in [-0.2, 0) is 11.2 Å². The summed E-state index contributed by atoms with van der Waals surface area (Å²) in [5, 5.41) is 3.38. The minimum Gasteiger partial charge on any atom is -0.497 e. The van der Waals surface area contributed by atoms with Crippen molar-refractivity contribution in [2.45, 2.75) is 13.3 Å². The Kier molecular flexibility index (Phi) is 7.30. The molecule has 19 heavy (non-hydrogen) atoms. The van der Waals surface area contributed by atoms with E-state index in [2.05, 4.69) is 24.4 Å². The van der Waals surface area contributed by atoms with Crippen LogP contribution in [0.1, 0.15) is 12.5 Å². The molecule has 1 atom stereocenters.